The van der Waals surface area contributed by atoms with Crippen LogP contribution in [0.15, 0.2) is 18.2 Å². The Morgan fingerprint density at radius 3 is 3.08 bits per heavy atom. The minimum atomic E-state index is 0.722. The Hall–Kier alpha value is -1.18. The topological polar surface area (TPSA) is 21.3 Å². The van der Waals surface area contributed by atoms with E-state index < -0.39 is 0 Å². The van der Waals surface area contributed by atoms with Gasteiger partial charge in [0, 0.05) is 6.54 Å². The second-order valence-corrected chi connectivity index (χ2v) is 3.68. The smallest absolute Gasteiger partial charge is 0.142 e. The molecule has 2 rings (SSSR count). The van der Waals surface area contributed by atoms with E-state index in [9.17, 15) is 0 Å². The number of benzene rings is 1. The van der Waals surface area contributed by atoms with E-state index in [1.165, 1.54) is 11.3 Å². The maximum absolute atomic E-state index is 5.29. The second-order valence-electron chi connectivity index (χ2n) is 3.68. The number of anilines is 1. The van der Waals surface area contributed by atoms with Gasteiger partial charge in [0.2, 0.25) is 0 Å². The fourth-order valence-electron chi connectivity index (χ4n) is 1.84. The summed E-state index contributed by atoms with van der Waals surface area (Å²) in [4.78, 5) is 0. The molecule has 1 aliphatic rings. The van der Waals surface area contributed by atoms with E-state index in [-0.39, 0.29) is 0 Å². The number of nitrogens with one attached hydrogen (secondary N) is 1. The molecule has 1 heterocycles. The highest BCUT2D eigenvalue weighted by molar-refractivity contribution is 5.63. The van der Waals surface area contributed by atoms with Gasteiger partial charge in [-0.15, -0.1) is 0 Å². The van der Waals surface area contributed by atoms with Crippen molar-refractivity contribution in [3.05, 3.63) is 23.8 Å². The molecule has 1 unspecified atom stereocenters. The van der Waals surface area contributed by atoms with Crippen LogP contribution in [-0.4, -0.2) is 13.7 Å². The lowest BCUT2D eigenvalue weighted by molar-refractivity contribution is 0.414. The van der Waals surface area contributed by atoms with Crippen LogP contribution in [0.5, 0.6) is 5.75 Å². The zero-order valence-electron chi connectivity index (χ0n) is 8.13. The first kappa shape index (κ1) is 8.42. The molecule has 0 saturated heterocycles. The van der Waals surface area contributed by atoms with Gasteiger partial charge in [-0.1, -0.05) is 19.1 Å². The van der Waals surface area contributed by atoms with Gasteiger partial charge in [-0.3, -0.25) is 0 Å². The Labute approximate surface area is 78.9 Å². The van der Waals surface area contributed by atoms with Crippen molar-refractivity contribution >= 4 is 5.69 Å². The van der Waals surface area contributed by atoms with Crippen molar-refractivity contribution in [3.8, 4) is 5.75 Å². The van der Waals surface area contributed by atoms with Crippen LogP contribution in [-0.2, 0) is 6.42 Å². The van der Waals surface area contributed by atoms with Gasteiger partial charge in [0.05, 0.1) is 12.8 Å². The highest BCUT2D eigenvalue weighted by Gasteiger charge is 2.16. The van der Waals surface area contributed by atoms with E-state index in [1.54, 1.807) is 7.11 Å². The standard InChI is InChI=1S/C11H15NO/c1-8-6-9-4-3-5-10(13-2)11(9)12-7-8/h3-5,8,12H,6-7H2,1-2H3. The minimum Gasteiger partial charge on any atom is -0.495 e. The zero-order chi connectivity index (χ0) is 9.26. The Balaban J connectivity index is 2.39. The first-order chi connectivity index (χ1) is 6.31. The molecule has 2 nitrogen and oxygen atoms in total. The molecule has 1 aromatic rings. The monoisotopic (exact) mass is 177 g/mol. The SMILES string of the molecule is COc1cccc2c1NCC(C)C2. The summed E-state index contributed by atoms with van der Waals surface area (Å²) in [5, 5.41) is 3.41. The maximum atomic E-state index is 5.29. The third-order valence-electron chi connectivity index (χ3n) is 2.53. The zero-order valence-corrected chi connectivity index (χ0v) is 8.13. The minimum absolute atomic E-state index is 0.722. The Bertz CT molecular complexity index is 309. The molecule has 2 heteroatoms. The lowest BCUT2D eigenvalue weighted by Crippen LogP contribution is -2.20. The predicted octanol–water partition coefficient (Wildman–Crippen LogP) is 2.30. The molecule has 1 atom stereocenters. The first-order valence-corrected chi connectivity index (χ1v) is 4.71. The van der Waals surface area contributed by atoms with Gasteiger partial charge in [-0.05, 0) is 24.0 Å². The van der Waals surface area contributed by atoms with Crippen molar-refractivity contribution in [2.75, 3.05) is 19.0 Å². The largest absolute Gasteiger partial charge is 0.495 e. The number of hydrogen-bond acceptors (Lipinski definition) is 2. The number of rotatable bonds is 1. The molecule has 0 radical (unpaired) electrons. The Kier molecular flexibility index (Phi) is 2.13. The average Bonchev–Trinajstić information content (AvgIpc) is 2.16. The van der Waals surface area contributed by atoms with Crippen molar-refractivity contribution in [1.82, 2.24) is 0 Å². The molecular weight excluding hydrogens is 162 g/mol. The molecular formula is C11H15NO. The van der Waals surface area contributed by atoms with E-state index in [0.717, 1.165) is 24.6 Å². The van der Waals surface area contributed by atoms with Gasteiger partial charge in [-0.2, -0.15) is 0 Å². The van der Waals surface area contributed by atoms with Crippen LogP contribution in [0.3, 0.4) is 0 Å². The van der Waals surface area contributed by atoms with Crippen LogP contribution in [0.1, 0.15) is 12.5 Å². The number of fused-ring (bicyclic) bond motifs is 1. The average molecular weight is 177 g/mol. The van der Waals surface area contributed by atoms with Gasteiger partial charge >= 0.3 is 0 Å². The summed E-state index contributed by atoms with van der Waals surface area (Å²) in [6.45, 7) is 3.31. The van der Waals surface area contributed by atoms with Crippen LogP contribution < -0.4 is 10.1 Å². The van der Waals surface area contributed by atoms with Crippen molar-refractivity contribution < 1.29 is 4.74 Å². The number of hydrogen-bond donors (Lipinski definition) is 1. The molecule has 0 aliphatic carbocycles. The molecule has 70 valence electrons. The van der Waals surface area contributed by atoms with Crippen LogP contribution >= 0.6 is 0 Å². The molecule has 0 bridgehead atoms. The van der Waals surface area contributed by atoms with Crippen molar-refractivity contribution in [2.24, 2.45) is 5.92 Å². The summed E-state index contributed by atoms with van der Waals surface area (Å²) in [5.41, 5.74) is 2.56. The van der Waals surface area contributed by atoms with Crippen LogP contribution in [0.2, 0.25) is 0 Å². The predicted molar refractivity (Wildman–Crippen MR) is 54.4 cm³/mol. The quantitative estimate of drug-likeness (QED) is 0.710. The van der Waals surface area contributed by atoms with Crippen molar-refractivity contribution in [3.63, 3.8) is 0 Å². The van der Waals surface area contributed by atoms with Gasteiger partial charge in [-0.25, -0.2) is 0 Å². The van der Waals surface area contributed by atoms with Gasteiger partial charge < -0.3 is 10.1 Å². The van der Waals surface area contributed by atoms with Crippen LogP contribution in [0, 0.1) is 5.92 Å². The summed E-state index contributed by atoms with van der Waals surface area (Å²) in [5.74, 6) is 1.68. The summed E-state index contributed by atoms with van der Waals surface area (Å²) < 4.78 is 5.29. The number of para-hydroxylation sites is 1. The summed E-state index contributed by atoms with van der Waals surface area (Å²) >= 11 is 0. The van der Waals surface area contributed by atoms with E-state index in [1.807, 2.05) is 6.07 Å². The number of methoxy groups -OCH3 is 1. The van der Waals surface area contributed by atoms with Gasteiger partial charge in [0.25, 0.3) is 0 Å². The lowest BCUT2D eigenvalue weighted by atomic mass is 9.95. The summed E-state index contributed by atoms with van der Waals surface area (Å²) in [6, 6.07) is 6.22. The summed E-state index contributed by atoms with van der Waals surface area (Å²) in [6.07, 6.45) is 1.15. The second kappa shape index (κ2) is 3.29. The van der Waals surface area contributed by atoms with Crippen LogP contribution in [0.25, 0.3) is 0 Å². The van der Waals surface area contributed by atoms with E-state index in [4.69, 9.17) is 4.74 Å². The fourth-order valence-corrected chi connectivity index (χ4v) is 1.84. The summed E-state index contributed by atoms with van der Waals surface area (Å²) in [7, 11) is 1.72. The maximum Gasteiger partial charge on any atom is 0.142 e. The molecule has 1 N–H and O–H groups in total. The van der Waals surface area contributed by atoms with Crippen molar-refractivity contribution in [1.29, 1.82) is 0 Å². The molecule has 0 fully saturated rings. The van der Waals surface area contributed by atoms with Crippen molar-refractivity contribution in [2.45, 2.75) is 13.3 Å². The van der Waals surface area contributed by atoms with E-state index in [2.05, 4.69) is 24.4 Å². The highest BCUT2D eigenvalue weighted by atomic mass is 16.5. The molecule has 0 spiro atoms. The molecule has 1 aromatic carbocycles. The van der Waals surface area contributed by atoms with Crippen LogP contribution in [0.4, 0.5) is 5.69 Å². The third kappa shape index (κ3) is 1.48. The van der Waals surface area contributed by atoms with Gasteiger partial charge in [0.15, 0.2) is 0 Å². The molecule has 1 aliphatic heterocycles. The first-order valence-electron chi connectivity index (χ1n) is 4.71. The third-order valence-corrected chi connectivity index (χ3v) is 2.53. The number of ether oxygens (including phenoxy) is 1. The molecule has 0 saturated carbocycles. The Morgan fingerprint density at radius 2 is 2.31 bits per heavy atom. The highest BCUT2D eigenvalue weighted by Crippen LogP contribution is 2.32. The van der Waals surface area contributed by atoms with Gasteiger partial charge in [0.1, 0.15) is 5.75 Å². The van der Waals surface area contributed by atoms with E-state index in [0.29, 0.717) is 0 Å². The molecule has 13 heavy (non-hydrogen) atoms. The molecule has 0 aromatic heterocycles. The Morgan fingerprint density at radius 1 is 1.46 bits per heavy atom. The lowest BCUT2D eigenvalue weighted by Gasteiger charge is -2.24. The van der Waals surface area contributed by atoms with E-state index >= 15 is 0 Å². The normalized spacial score (nSPS) is 20.3. The molecule has 0 amide bonds. The fraction of sp³-hybridized carbons (Fsp3) is 0.455.